The van der Waals surface area contributed by atoms with Gasteiger partial charge in [0.2, 0.25) is 5.91 Å². The first kappa shape index (κ1) is 23.5. The number of aromatic carboxylic acids is 1. The highest BCUT2D eigenvalue weighted by Gasteiger charge is 2.60. The lowest BCUT2D eigenvalue weighted by Crippen LogP contribution is -2.67. The Morgan fingerprint density at radius 2 is 2.03 bits per heavy atom. The first-order valence-corrected chi connectivity index (χ1v) is 12.4. The summed E-state index contributed by atoms with van der Waals surface area (Å²) in [5.74, 6) is -0.730. The molecule has 2 aromatic heterocycles. The van der Waals surface area contributed by atoms with Crippen LogP contribution in [0.25, 0.3) is 10.9 Å². The number of methoxy groups -OCH3 is 1. The molecule has 2 unspecified atom stereocenters. The summed E-state index contributed by atoms with van der Waals surface area (Å²) in [7, 11) is 3.73. The van der Waals surface area contributed by atoms with Crippen LogP contribution in [-0.2, 0) is 22.6 Å². The number of para-hydroxylation sites is 1. The van der Waals surface area contributed by atoms with E-state index in [0.717, 1.165) is 30.5 Å². The van der Waals surface area contributed by atoms with Crippen LogP contribution < -0.4 is 0 Å². The van der Waals surface area contributed by atoms with E-state index in [1.54, 1.807) is 18.0 Å². The van der Waals surface area contributed by atoms with Crippen LogP contribution in [0.2, 0.25) is 0 Å². The highest BCUT2D eigenvalue weighted by atomic mass is 16.5. The lowest BCUT2D eigenvalue weighted by molar-refractivity contribution is -0.195. The monoisotopic (exact) mass is 479 g/mol. The quantitative estimate of drug-likeness (QED) is 0.446. The molecule has 2 saturated carbocycles. The Hall–Kier alpha value is -3.20. The van der Waals surface area contributed by atoms with E-state index in [2.05, 4.69) is 10.3 Å². The number of rotatable bonds is 10. The maximum atomic E-state index is 12.8. The van der Waals surface area contributed by atoms with Gasteiger partial charge < -0.3 is 19.3 Å². The number of amides is 1. The lowest BCUT2D eigenvalue weighted by Gasteiger charge is -2.63. The second-order valence-corrected chi connectivity index (χ2v) is 9.99. The van der Waals surface area contributed by atoms with Crippen LogP contribution in [0, 0.1) is 5.41 Å². The number of carbonyl (C=O) groups excluding carboxylic acids is 1. The van der Waals surface area contributed by atoms with Gasteiger partial charge in [0.15, 0.2) is 0 Å². The number of hydrogen-bond acceptors (Lipinski definition) is 5. The molecular weight excluding hydrogens is 446 g/mol. The molecule has 9 heteroatoms. The van der Waals surface area contributed by atoms with Gasteiger partial charge in [0.1, 0.15) is 5.69 Å². The molecule has 1 N–H and O–H groups in total. The number of unbranched alkanes of at least 4 members (excludes halogenated alkanes) is 1. The van der Waals surface area contributed by atoms with Crippen LogP contribution in [0.3, 0.4) is 0 Å². The summed E-state index contributed by atoms with van der Waals surface area (Å²) in [6.07, 6.45) is 10.5. The first-order valence-electron chi connectivity index (χ1n) is 12.4. The second kappa shape index (κ2) is 9.45. The molecule has 2 aliphatic carbocycles. The van der Waals surface area contributed by atoms with Crippen molar-refractivity contribution in [3.8, 4) is 0 Å². The fourth-order valence-corrected chi connectivity index (χ4v) is 5.98. The number of aryl methyl sites for hydroxylation is 1. The van der Waals surface area contributed by atoms with E-state index in [0.29, 0.717) is 37.0 Å². The Morgan fingerprint density at radius 3 is 2.74 bits per heavy atom. The summed E-state index contributed by atoms with van der Waals surface area (Å²) in [4.78, 5) is 26.3. The average molecular weight is 480 g/mol. The van der Waals surface area contributed by atoms with Crippen molar-refractivity contribution in [2.24, 2.45) is 5.41 Å². The maximum Gasteiger partial charge on any atom is 0.337 e. The van der Waals surface area contributed by atoms with Crippen molar-refractivity contribution in [1.82, 2.24) is 24.5 Å². The third-order valence-corrected chi connectivity index (χ3v) is 8.14. The fraction of sp³-hybridized carbons (Fsp3) is 0.538. The molecule has 2 heterocycles. The second-order valence-electron chi connectivity index (χ2n) is 9.99. The van der Waals surface area contributed by atoms with E-state index in [4.69, 9.17) is 4.74 Å². The molecule has 1 aromatic carbocycles. The van der Waals surface area contributed by atoms with Crippen molar-refractivity contribution in [2.45, 2.75) is 70.2 Å². The predicted octanol–water partition coefficient (Wildman–Crippen LogP) is 3.57. The normalized spacial score (nSPS) is 20.5. The van der Waals surface area contributed by atoms with Crippen molar-refractivity contribution < 1.29 is 19.4 Å². The minimum atomic E-state index is -0.942. The van der Waals surface area contributed by atoms with Crippen LogP contribution in [0.1, 0.15) is 61.0 Å². The zero-order chi connectivity index (χ0) is 24.6. The molecule has 9 nitrogen and oxygen atoms in total. The highest BCUT2D eigenvalue weighted by molar-refractivity contribution is 6.03. The Bertz CT molecular complexity index is 1230. The van der Waals surface area contributed by atoms with Crippen molar-refractivity contribution in [1.29, 1.82) is 0 Å². The summed E-state index contributed by atoms with van der Waals surface area (Å²) in [6, 6.07) is 7.78. The van der Waals surface area contributed by atoms with Gasteiger partial charge in [-0.2, -0.15) is 0 Å². The van der Waals surface area contributed by atoms with Gasteiger partial charge in [-0.3, -0.25) is 9.48 Å². The standard InChI is InChI=1S/C26H33N5O4/c1-29(22-14-23(35-2)26(22)11-7-12-26)24(32)10-5-6-13-31-16-18(27-28-31)15-30-17-20(25(33)34)19-8-3-4-9-21(19)30/h3-4,8-9,16-17,22-23H,5-7,10-15H2,1-2H3,(H,33,34). The molecule has 1 amide bonds. The molecule has 0 bridgehead atoms. The molecule has 186 valence electrons. The van der Waals surface area contributed by atoms with Crippen molar-refractivity contribution >= 4 is 22.8 Å². The lowest BCUT2D eigenvalue weighted by atomic mass is 9.50. The summed E-state index contributed by atoms with van der Waals surface area (Å²) in [6.45, 7) is 1.14. The molecule has 2 aliphatic rings. The molecule has 0 radical (unpaired) electrons. The molecule has 35 heavy (non-hydrogen) atoms. The average Bonchev–Trinajstić information content (AvgIpc) is 3.40. The molecule has 3 aromatic rings. The molecule has 0 aliphatic heterocycles. The summed E-state index contributed by atoms with van der Waals surface area (Å²) < 4.78 is 9.33. The van der Waals surface area contributed by atoms with Gasteiger partial charge in [0.05, 0.1) is 24.4 Å². The third-order valence-electron chi connectivity index (χ3n) is 8.14. The molecule has 2 atom stereocenters. The van der Waals surface area contributed by atoms with Crippen molar-refractivity contribution in [3.05, 3.63) is 47.9 Å². The first-order chi connectivity index (χ1) is 16.9. The number of carboxylic acid groups (broad SMARTS) is 1. The van der Waals surface area contributed by atoms with Crippen LogP contribution >= 0.6 is 0 Å². The van der Waals surface area contributed by atoms with Crippen LogP contribution in [0.15, 0.2) is 36.7 Å². The summed E-state index contributed by atoms with van der Waals surface area (Å²) >= 11 is 0. The molecule has 0 saturated heterocycles. The highest BCUT2D eigenvalue weighted by Crippen LogP contribution is 2.58. The number of benzene rings is 1. The Morgan fingerprint density at radius 1 is 1.23 bits per heavy atom. The van der Waals surface area contributed by atoms with Crippen LogP contribution in [0.5, 0.6) is 0 Å². The topological polar surface area (TPSA) is 102 Å². The third kappa shape index (κ3) is 4.22. The Balaban J connectivity index is 1.11. The van der Waals surface area contributed by atoms with Gasteiger partial charge in [0, 0.05) is 55.7 Å². The number of carboxylic acids is 1. The minimum absolute atomic E-state index is 0.201. The molecular formula is C26H33N5O4. The molecule has 5 rings (SSSR count). The molecule has 1 spiro atoms. The van der Waals surface area contributed by atoms with Gasteiger partial charge in [-0.25, -0.2) is 4.79 Å². The van der Waals surface area contributed by atoms with E-state index >= 15 is 0 Å². The van der Waals surface area contributed by atoms with Gasteiger partial charge in [-0.05, 0) is 38.2 Å². The summed E-state index contributed by atoms with van der Waals surface area (Å²) in [5.41, 5.74) is 2.11. The fourth-order valence-electron chi connectivity index (χ4n) is 5.98. The van der Waals surface area contributed by atoms with Crippen LogP contribution in [0.4, 0.5) is 0 Å². The van der Waals surface area contributed by atoms with E-state index in [9.17, 15) is 14.7 Å². The number of carbonyl (C=O) groups is 2. The van der Waals surface area contributed by atoms with Gasteiger partial charge in [-0.1, -0.05) is 29.8 Å². The Labute approximate surface area is 204 Å². The number of ether oxygens (including phenoxy) is 1. The molecule has 2 fully saturated rings. The predicted molar refractivity (Wildman–Crippen MR) is 130 cm³/mol. The minimum Gasteiger partial charge on any atom is -0.478 e. The zero-order valence-corrected chi connectivity index (χ0v) is 20.4. The number of hydrogen-bond donors (Lipinski definition) is 1. The van der Waals surface area contributed by atoms with E-state index in [-0.39, 0.29) is 16.9 Å². The van der Waals surface area contributed by atoms with Crippen molar-refractivity contribution in [3.63, 3.8) is 0 Å². The zero-order valence-electron chi connectivity index (χ0n) is 20.4. The number of aromatic nitrogens is 4. The van der Waals surface area contributed by atoms with Crippen molar-refractivity contribution in [2.75, 3.05) is 14.2 Å². The van der Waals surface area contributed by atoms with E-state index < -0.39 is 5.97 Å². The van der Waals surface area contributed by atoms with E-state index in [1.807, 2.05) is 47.0 Å². The van der Waals surface area contributed by atoms with E-state index in [1.165, 1.54) is 19.3 Å². The smallest absolute Gasteiger partial charge is 0.337 e. The van der Waals surface area contributed by atoms with Gasteiger partial charge in [-0.15, -0.1) is 5.10 Å². The number of fused-ring (bicyclic) bond motifs is 1. The maximum absolute atomic E-state index is 12.8. The Kier molecular flexibility index (Phi) is 6.35. The largest absolute Gasteiger partial charge is 0.478 e. The van der Waals surface area contributed by atoms with Gasteiger partial charge in [0.25, 0.3) is 0 Å². The van der Waals surface area contributed by atoms with Gasteiger partial charge >= 0.3 is 5.97 Å². The number of nitrogens with zero attached hydrogens (tertiary/aromatic N) is 5. The summed E-state index contributed by atoms with van der Waals surface area (Å²) in [5, 5.41) is 18.7. The SMILES string of the molecule is COC1CC(N(C)C(=O)CCCCn2cc(Cn3cc(C(=O)O)c4ccccc43)nn2)C12CCC2. The van der Waals surface area contributed by atoms with Crippen LogP contribution in [-0.4, -0.2) is 67.7 Å².